The predicted octanol–water partition coefficient (Wildman–Crippen LogP) is 3.28. The molecule has 1 aromatic heterocycles. The highest BCUT2D eigenvalue weighted by Crippen LogP contribution is 2.41. The Labute approximate surface area is 207 Å². The maximum atomic E-state index is 13.1. The second-order valence-electron chi connectivity index (χ2n) is 9.29. The van der Waals surface area contributed by atoms with Gasteiger partial charge in [0.05, 0.1) is 12.3 Å². The molecule has 1 heterocycles. The molecule has 1 aromatic carbocycles. The van der Waals surface area contributed by atoms with E-state index >= 15 is 0 Å². The lowest BCUT2D eigenvalue weighted by atomic mass is 9.71. The third-order valence-electron chi connectivity index (χ3n) is 7.06. The molecule has 0 aliphatic heterocycles. The van der Waals surface area contributed by atoms with Gasteiger partial charge in [0, 0.05) is 24.6 Å². The van der Waals surface area contributed by atoms with Crippen molar-refractivity contribution >= 4 is 11.8 Å². The van der Waals surface area contributed by atoms with Crippen molar-refractivity contribution in [2.45, 2.75) is 78.0 Å². The first-order chi connectivity index (χ1) is 16.5. The number of aliphatic carboxylic acids is 1. The van der Waals surface area contributed by atoms with Crippen molar-refractivity contribution in [2.24, 2.45) is 11.7 Å². The summed E-state index contributed by atoms with van der Waals surface area (Å²) in [6, 6.07) is 6.82. The van der Waals surface area contributed by atoms with Gasteiger partial charge in [0.1, 0.15) is 24.5 Å². The van der Waals surface area contributed by atoms with E-state index in [0.29, 0.717) is 18.0 Å². The second kappa shape index (κ2) is 12.3. The lowest BCUT2D eigenvalue weighted by Gasteiger charge is -2.32. The molecule has 5 N–H and O–H groups in total. The van der Waals surface area contributed by atoms with Crippen molar-refractivity contribution in [2.75, 3.05) is 13.2 Å². The average molecular weight is 489 g/mol. The molecule has 0 spiro atoms. The maximum Gasteiger partial charge on any atom is 0.320 e. The van der Waals surface area contributed by atoms with Crippen LogP contribution in [-0.4, -0.2) is 57.0 Å². The molecule has 35 heavy (non-hydrogen) atoms. The van der Waals surface area contributed by atoms with Crippen LogP contribution in [0, 0.1) is 12.8 Å². The topological polar surface area (TPSA) is 135 Å². The van der Waals surface area contributed by atoms with Gasteiger partial charge in [-0.1, -0.05) is 32.9 Å². The molecule has 0 radical (unpaired) electrons. The number of aromatic nitrogens is 1. The number of carbonyl (C=O) groups excluding carboxylic acids is 1. The van der Waals surface area contributed by atoms with Gasteiger partial charge in [0.2, 0.25) is 0 Å². The Hall–Kier alpha value is -2.68. The van der Waals surface area contributed by atoms with E-state index in [0.717, 1.165) is 29.5 Å². The van der Waals surface area contributed by atoms with Gasteiger partial charge in [0.15, 0.2) is 5.78 Å². The minimum atomic E-state index is -1.11. The van der Waals surface area contributed by atoms with Crippen LogP contribution in [0.5, 0.6) is 5.75 Å². The molecule has 8 heteroatoms. The molecule has 0 bridgehead atoms. The number of carbonyl (C=O) groups is 2. The van der Waals surface area contributed by atoms with Crippen LogP contribution in [0.3, 0.4) is 0 Å². The molecule has 0 aliphatic rings. The molecule has 0 saturated carbocycles. The van der Waals surface area contributed by atoms with E-state index in [1.54, 1.807) is 6.92 Å². The number of aryl methyl sites for hydroxylation is 2. The third kappa shape index (κ3) is 6.31. The number of aliphatic hydroxyl groups is 2. The van der Waals surface area contributed by atoms with Crippen molar-refractivity contribution in [1.82, 2.24) is 4.57 Å². The van der Waals surface area contributed by atoms with Crippen LogP contribution in [-0.2, 0) is 16.8 Å². The average Bonchev–Trinajstić information content (AvgIpc) is 3.28. The molecule has 2 aromatic rings. The largest absolute Gasteiger partial charge is 0.491 e. The fourth-order valence-corrected chi connectivity index (χ4v) is 4.62. The van der Waals surface area contributed by atoms with Crippen LogP contribution in [0.4, 0.5) is 0 Å². The standard InChI is InChI=1S/C27H40N2O6/c1-6-27(7-2,19-9-10-24(17(4)11-19)35-16-21(31)15-30)20-13-22(29(8-3)14-20)23(32)12-18(5)25(28)26(33)34/h9-11,13-14,18,21,25,30-31H,6-8,12,15-16,28H2,1-5H3,(H,33,34)/t18?,21?,25-/m0/s1. The Morgan fingerprint density at radius 2 is 1.80 bits per heavy atom. The number of aliphatic hydroxyl groups excluding tert-OH is 2. The molecule has 194 valence electrons. The zero-order valence-corrected chi connectivity index (χ0v) is 21.5. The molecule has 0 fully saturated rings. The summed E-state index contributed by atoms with van der Waals surface area (Å²) in [5, 5.41) is 27.8. The number of hydrogen-bond acceptors (Lipinski definition) is 6. The zero-order chi connectivity index (χ0) is 26.3. The summed E-state index contributed by atoms with van der Waals surface area (Å²) >= 11 is 0. The van der Waals surface area contributed by atoms with Gasteiger partial charge in [-0.25, -0.2) is 0 Å². The van der Waals surface area contributed by atoms with E-state index in [1.165, 1.54) is 0 Å². The van der Waals surface area contributed by atoms with E-state index in [-0.39, 0.29) is 30.8 Å². The Morgan fingerprint density at radius 3 is 2.31 bits per heavy atom. The lowest BCUT2D eigenvalue weighted by molar-refractivity contribution is -0.139. The van der Waals surface area contributed by atoms with Gasteiger partial charge in [-0.15, -0.1) is 0 Å². The number of nitrogens with zero attached hydrogens (tertiary/aromatic N) is 1. The fraction of sp³-hybridized carbons (Fsp3) is 0.556. The van der Waals surface area contributed by atoms with Gasteiger partial charge >= 0.3 is 5.97 Å². The highest BCUT2D eigenvalue weighted by Gasteiger charge is 2.34. The summed E-state index contributed by atoms with van der Waals surface area (Å²) in [4.78, 5) is 24.4. The molecule has 2 unspecified atom stereocenters. The fourth-order valence-electron chi connectivity index (χ4n) is 4.62. The Bertz CT molecular complexity index is 1010. The number of rotatable bonds is 14. The quantitative estimate of drug-likeness (QED) is 0.300. The van der Waals surface area contributed by atoms with Crippen LogP contribution in [0.1, 0.15) is 74.1 Å². The molecule has 0 amide bonds. The Kier molecular flexibility index (Phi) is 10.1. The minimum Gasteiger partial charge on any atom is -0.491 e. The zero-order valence-electron chi connectivity index (χ0n) is 21.5. The lowest BCUT2D eigenvalue weighted by Crippen LogP contribution is -2.37. The van der Waals surface area contributed by atoms with Gasteiger partial charge in [-0.3, -0.25) is 9.59 Å². The number of ether oxygens (including phenoxy) is 1. The molecule has 8 nitrogen and oxygen atoms in total. The Morgan fingerprint density at radius 1 is 1.14 bits per heavy atom. The van der Waals surface area contributed by atoms with Crippen molar-refractivity contribution < 1.29 is 29.6 Å². The number of Topliss-reactive ketones (excluding diaryl/α,β-unsaturated/α-hetero) is 1. The molecule has 2 rings (SSSR count). The summed E-state index contributed by atoms with van der Waals surface area (Å²) in [5.74, 6) is -1.06. The van der Waals surface area contributed by atoms with Crippen LogP contribution >= 0.6 is 0 Å². The summed E-state index contributed by atoms with van der Waals surface area (Å²) < 4.78 is 7.59. The third-order valence-corrected chi connectivity index (χ3v) is 7.06. The van der Waals surface area contributed by atoms with Gasteiger partial charge in [-0.05, 0) is 61.4 Å². The number of benzene rings is 1. The van der Waals surface area contributed by atoms with Gasteiger partial charge < -0.3 is 30.4 Å². The molecular formula is C27H40N2O6. The monoisotopic (exact) mass is 488 g/mol. The normalized spacial score (nSPS) is 14.4. The molecule has 0 aliphatic carbocycles. The molecule has 3 atom stereocenters. The van der Waals surface area contributed by atoms with Crippen molar-refractivity contribution in [3.05, 3.63) is 52.8 Å². The van der Waals surface area contributed by atoms with Crippen molar-refractivity contribution in [3.63, 3.8) is 0 Å². The van der Waals surface area contributed by atoms with E-state index in [9.17, 15) is 19.8 Å². The first-order valence-corrected chi connectivity index (χ1v) is 12.3. The van der Waals surface area contributed by atoms with Crippen LogP contribution in [0.15, 0.2) is 30.5 Å². The highest BCUT2D eigenvalue weighted by atomic mass is 16.5. The number of carboxylic acids is 1. The Balaban J connectivity index is 2.42. The number of ketones is 1. The highest BCUT2D eigenvalue weighted by molar-refractivity contribution is 5.95. The van der Waals surface area contributed by atoms with E-state index in [2.05, 4.69) is 19.9 Å². The first kappa shape index (κ1) is 28.6. The van der Waals surface area contributed by atoms with E-state index in [4.69, 9.17) is 15.6 Å². The maximum absolute atomic E-state index is 13.1. The van der Waals surface area contributed by atoms with Gasteiger partial charge in [-0.2, -0.15) is 0 Å². The smallest absolute Gasteiger partial charge is 0.320 e. The summed E-state index contributed by atoms with van der Waals surface area (Å²) in [6.07, 6.45) is 2.78. The van der Waals surface area contributed by atoms with Crippen LogP contribution in [0.2, 0.25) is 0 Å². The second-order valence-corrected chi connectivity index (χ2v) is 9.29. The van der Waals surface area contributed by atoms with Crippen LogP contribution < -0.4 is 10.5 Å². The summed E-state index contributed by atoms with van der Waals surface area (Å²) in [6.45, 7) is 10.1. The van der Waals surface area contributed by atoms with Gasteiger partial charge in [0.25, 0.3) is 0 Å². The summed E-state index contributed by atoms with van der Waals surface area (Å²) in [7, 11) is 0. The molecule has 0 saturated heterocycles. The predicted molar refractivity (Wildman–Crippen MR) is 135 cm³/mol. The van der Waals surface area contributed by atoms with E-state index < -0.39 is 24.0 Å². The van der Waals surface area contributed by atoms with E-state index in [1.807, 2.05) is 42.8 Å². The first-order valence-electron chi connectivity index (χ1n) is 12.3. The minimum absolute atomic E-state index is 0.0121. The number of nitrogens with two attached hydrogens (primary N) is 1. The van der Waals surface area contributed by atoms with Crippen molar-refractivity contribution in [3.8, 4) is 5.75 Å². The number of hydrogen-bond donors (Lipinski definition) is 4. The van der Waals surface area contributed by atoms with Crippen molar-refractivity contribution in [1.29, 1.82) is 0 Å². The SMILES string of the molecule is CCn1cc(C(CC)(CC)c2ccc(OCC(O)CO)c(C)c2)cc1C(=O)CC(C)[C@H](N)C(=O)O. The van der Waals surface area contributed by atoms with Crippen LogP contribution in [0.25, 0.3) is 0 Å². The number of carboxylic acid groups (broad SMARTS) is 1. The summed E-state index contributed by atoms with van der Waals surface area (Å²) in [5.41, 5.74) is 9.02. The molecular weight excluding hydrogens is 448 g/mol.